The molecule has 100 valence electrons. The Bertz CT molecular complexity index is 420. The molecule has 0 aliphatic carbocycles. The summed E-state index contributed by atoms with van der Waals surface area (Å²) in [6.45, 7) is 5.66. The molecule has 5 nitrogen and oxygen atoms in total. The molecule has 0 aromatic carbocycles. The van der Waals surface area contributed by atoms with Gasteiger partial charge in [0, 0.05) is 24.5 Å². The van der Waals surface area contributed by atoms with Gasteiger partial charge in [-0.25, -0.2) is 4.98 Å². The van der Waals surface area contributed by atoms with Crippen LogP contribution >= 0.6 is 11.3 Å². The van der Waals surface area contributed by atoms with Crippen LogP contribution in [0.15, 0.2) is 5.38 Å². The predicted octanol–water partition coefficient (Wildman–Crippen LogP) is 1.14. The number of carbonyl (C=O) groups excluding carboxylic acids is 1. The maximum absolute atomic E-state index is 11.8. The van der Waals surface area contributed by atoms with Crippen molar-refractivity contribution >= 4 is 22.4 Å². The largest absolute Gasteiger partial charge is 0.353 e. The van der Waals surface area contributed by atoms with Crippen LogP contribution in [0, 0.1) is 0 Å². The van der Waals surface area contributed by atoms with Crippen LogP contribution in [0.2, 0.25) is 0 Å². The van der Waals surface area contributed by atoms with E-state index in [1.165, 1.54) is 0 Å². The van der Waals surface area contributed by atoms with Crippen molar-refractivity contribution in [3.05, 3.63) is 11.1 Å². The van der Waals surface area contributed by atoms with Crippen molar-refractivity contribution < 1.29 is 4.79 Å². The van der Waals surface area contributed by atoms with Crippen LogP contribution in [0.5, 0.6) is 0 Å². The monoisotopic (exact) mass is 268 g/mol. The molecule has 0 saturated carbocycles. The van der Waals surface area contributed by atoms with E-state index in [4.69, 9.17) is 0 Å². The zero-order chi connectivity index (χ0) is 13.1. The van der Waals surface area contributed by atoms with E-state index in [0.717, 1.165) is 23.8 Å². The fourth-order valence-electron chi connectivity index (χ4n) is 2.10. The lowest BCUT2D eigenvalue weighted by Crippen LogP contribution is -2.55. The number of hydrogen-bond acceptors (Lipinski definition) is 5. The fourth-order valence-corrected chi connectivity index (χ4v) is 3.10. The van der Waals surface area contributed by atoms with Gasteiger partial charge < -0.3 is 15.5 Å². The molecule has 1 aliphatic rings. The van der Waals surface area contributed by atoms with Crippen molar-refractivity contribution in [2.24, 2.45) is 0 Å². The summed E-state index contributed by atoms with van der Waals surface area (Å²) in [7, 11) is 1.92. The molecule has 2 heterocycles. The standard InChI is InChI=1S/C12H20N4OS/c1-4-10-11(17)14-5-6-16(10)12-15-9(7-18-12)8(2)13-3/h7-8,10,13H,4-6H2,1-3H3,(H,14,17). The molecule has 0 bridgehead atoms. The Labute approximate surface area is 112 Å². The first kappa shape index (κ1) is 13.3. The molecule has 6 heteroatoms. The number of carbonyl (C=O) groups is 1. The molecule has 2 atom stereocenters. The topological polar surface area (TPSA) is 57.3 Å². The summed E-state index contributed by atoms with van der Waals surface area (Å²) in [5.41, 5.74) is 1.04. The van der Waals surface area contributed by atoms with Crippen molar-refractivity contribution in [3.8, 4) is 0 Å². The Kier molecular flexibility index (Phi) is 4.19. The van der Waals surface area contributed by atoms with Crippen LogP contribution < -0.4 is 15.5 Å². The van der Waals surface area contributed by atoms with Gasteiger partial charge in [-0.2, -0.15) is 0 Å². The molecule has 0 radical (unpaired) electrons. The van der Waals surface area contributed by atoms with Crippen LogP contribution in [-0.2, 0) is 4.79 Å². The first-order valence-electron chi connectivity index (χ1n) is 6.34. The van der Waals surface area contributed by atoms with Crippen molar-refractivity contribution in [1.29, 1.82) is 0 Å². The highest BCUT2D eigenvalue weighted by Crippen LogP contribution is 2.27. The summed E-state index contributed by atoms with van der Waals surface area (Å²) in [5.74, 6) is 0.113. The number of rotatable bonds is 4. The maximum atomic E-state index is 11.8. The number of nitrogens with one attached hydrogen (secondary N) is 2. The second-order valence-corrected chi connectivity index (χ2v) is 5.31. The third-order valence-electron chi connectivity index (χ3n) is 3.35. The highest BCUT2D eigenvalue weighted by Gasteiger charge is 2.30. The quantitative estimate of drug-likeness (QED) is 0.860. The van der Waals surface area contributed by atoms with Crippen LogP contribution in [-0.4, -0.2) is 37.1 Å². The number of anilines is 1. The second-order valence-electron chi connectivity index (χ2n) is 4.47. The maximum Gasteiger partial charge on any atom is 0.242 e. The highest BCUT2D eigenvalue weighted by molar-refractivity contribution is 7.13. The van der Waals surface area contributed by atoms with E-state index in [9.17, 15) is 4.79 Å². The van der Waals surface area contributed by atoms with E-state index < -0.39 is 0 Å². The Balaban J connectivity index is 2.19. The SMILES string of the molecule is CCC1C(=O)NCCN1c1nc(C(C)NC)cs1. The normalized spacial score (nSPS) is 21.8. The number of aromatic nitrogens is 1. The zero-order valence-corrected chi connectivity index (χ0v) is 11.9. The molecule has 18 heavy (non-hydrogen) atoms. The van der Waals surface area contributed by atoms with Crippen LogP contribution in [0.4, 0.5) is 5.13 Å². The molecule has 1 aromatic rings. The van der Waals surface area contributed by atoms with E-state index in [0.29, 0.717) is 6.54 Å². The molecule has 0 spiro atoms. The summed E-state index contributed by atoms with van der Waals surface area (Å²) in [4.78, 5) is 18.6. The lowest BCUT2D eigenvalue weighted by atomic mass is 10.1. The Morgan fingerprint density at radius 2 is 2.50 bits per heavy atom. The van der Waals surface area contributed by atoms with Crippen molar-refractivity contribution in [1.82, 2.24) is 15.6 Å². The number of amides is 1. The van der Waals surface area contributed by atoms with Gasteiger partial charge in [-0.1, -0.05) is 6.92 Å². The average Bonchev–Trinajstić information content (AvgIpc) is 2.87. The van der Waals surface area contributed by atoms with Gasteiger partial charge in [0.05, 0.1) is 5.69 Å². The van der Waals surface area contributed by atoms with Crippen LogP contribution in [0.3, 0.4) is 0 Å². The van der Waals surface area contributed by atoms with Gasteiger partial charge in [-0.3, -0.25) is 4.79 Å². The van der Waals surface area contributed by atoms with Gasteiger partial charge in [0.15, 0.2) is 5.13 Å². The molecule has 1 fully saturated rings. The van der Waals surface area contributed by atoms with E-state index in [1.807, 2.05) is 14.0 Å². The third kappa shape index (κ3) is 2.49. The zero-order valence-electron chi connectivity index (χ0n) is 11.1. The molecule has 1 aliphatic heterocycles. The van der Waals surface area contributed by atoms with Crippen molar-refractivity contribution in [3.63, 3.8) is 0 Å². The lowest BCUT2D eigenvalue weighted by molar-refractivity contribution is -0.123. The molecule has 2 rings (SSSR count). The van der Waals surface area contributed by atoms with Crippen molar-refractivity contribution in [2.75, 3.05) is 25.0 Å². The Morgan fingerprint density at radius 3 is 3.17 bits per heavy atom. The number of piperazine rings is 1. The first-order valence-corrected chi connectivity index (χ1v) is 7.22. The number of thiazole rings is 1. The number of nitrogens with zero attached hydrogens (tertiary/aromatic N) is 2. The van der Waals surface area contributed by atoms with Gasteiger partial charge >= 0.3 is 0 Å². The molecule has 1 amide bonds. The average molecular weight is 268 g/mol. The second kappa shape index (κ2) is 5.67. The summed E-state index contributed by atoms with van der Waals surface area (Å²) >= 11 is 1.62. The van der Waals surface area contributed by atoms with Gasteiger partial charge in [-0.15, -0.1) is 11.3 Å². The lowest BCUT2D eigenvalue weighted by Gasteiger charge is -2.34. The summed E-state index contributed by atoms with van der Waals surface area (Å²) in [6, 6.07) is 0.163. The number of hydrogen-bond donors (Lipinski definition) is 2. The van der Waals surface area contributed by atoms with Crippen molar-refractivity contribution in [2.45, 2.75) is 32.4 Å². The molecule has 2 unspecified atom stereocenters. The molecular formula is C12H20N4OS. The highest BCUT2D eigenvalue weighted by atomic mass is 32.1. The minimum absolute atomic E-state index is 0.0809. The Hall–Kier alpha value is -1.14. The predicted molar refractivity (Wildman–Crippen MR) is 74.0 cm³/mol. The van der Waals surface area contributed by atoms with E-state index >= 15 is 0 Å². The van der Waals surface area contributed by atoms with Crippen LogP contribution in [0.25, 0.3) is 0 Å². The van der Waals surface area contributed by atoms with Gasteiger partial charge in [0.1, 0.15) is 6.04 Å². The summed E-state index contributed by atoms with van der Waals surface area (Å²) in [5, 5.41) is 9.10. The van der Waals surface area contributed by atoms with Crippen LogP contribution in [0.1, 0.15) is 32.0 Å². The van der Waals surface area contributed by atoms with Gasteiger partial charge in [0.25, 0.3) is 0 Å². The van der Waals surface area contributed by atoms with E-state index in [2.05, 4.69) is 32.8 Å². The summed E-state index contributed by atoms with van der Waals surface area (Å²) < 4.78 is 0. The Morgan fingerprint density at radius 1 is 1.72 bits per heavy atom. The molecular weight excluding hydrogens is 248 g/mol. The van der Waals surface area contributed by atoms with Gasteiger partial charge in [0.2, 0.25) is 5.91 Å². The van der Waals surface area contributed by atoms with E-state index in [-0.39, 0.29) is 18.0 Å². The van der Waals surface area contributed by atoms with E-state index in [1.54, 1.807) is 11.3 Å². The molecule has 2 N–H and O–H groups in total. The molecule has 1 saturated heterocycles. The minimum Gasteiger partial charge on any atom is -0.353 e. The summed E-state index contributed by atoms with van der Waals surface area (Å²) in [6.07, 6.45) is 0.808. The smallest absolute Gasteiger partial charge is 0.242 e. The third-order valence-corrected chi connectivity index (χ3v) is 4.25. The molecule has 1 aromatic heterocycles. The minimum atomic E-state index is -0.0809. The van der Waals surface area contributed by atoms with Gasteiger partial charge in [-0.05, 0) is 20.4 Å². The first-order chi connectivity index (χ1) is 8.67. The fraction of sp³-hybridized carbons (Fsp3) is 0.667.